The van der Waals surface area contributed by atoms with E-state index in [4.69, 9.17) is 88.6 Å². The van der Waals surface area contributed by atoms with Crippen molar-refractivity contribution in [3.8, 4) is 0 Å². The molecule has 0 unspecified atom stereocenters. The van der Waals surface area contributed by atoms with Crippen molar-refractivity contribution in [2.45, 2.75) is 201 Å². The third kappa shape index (κ3) is 57.8. The van der Waals surface area contributed by atoms with Crippen LogP contribution in [0.2, 0.25) is 30.1 Å². The van der Waals surface area contributed by atoms with Gasteiger partial charge < -0.3 is 18.9 Å². The quantitative estimate of drug-likeness (QED) is 0.0359. The second kappa shape index (κ2) is 58.6. The summed E-state index contributed by atoms with van der Waals surface area (Å²) in [6.45, 7) is 58.9. The van der Waals surface area contributed by atoms with Gasteiger partial charge in [-0.25, -0.2) is 40.2 Å². The minimum absolute atomic E-state index is 0.0134. The maximum atomic E-state index is 12.5. The molecule has 0 fully saturated rings. The maximum Gasteiger partial charge on any atom is 0.264 e. The Hall–Kier alpha value is -5.62. The second-order valence-electron chi connectivity index (χ2n) is 37.7. The van der Waals surface area contributed by atoms with E-state index >= 15 is 0 Å². The lowest BCUT2D eigenvalue weighted by molar-refractivity contribution is 0.0805. The lowest BCUT2D eigenvalue weighted by Gasteiger charge is -2.16. The Morgan fingerprint density at radius 1 is 0.284 bits per heavy atom. The number of thiazole rings is 3. The Labute approximate surface area is 840 Å². The molecule has 40 heteroatoms. The zero-order valence-electron chi connectivity index (χ0n) is 81.6. The first-order chi connectivity index (χ1) is 61.0. The van der Waals surface area contributed by atoms with E-state index in [1.54, 1.807) is 52.5 Å². The topological polar surface area (TPSA) is 359 Å². The third-order valence-corrected chi connectivity index (χ3v) is 27.0. The molecule has 0 aliphatic rings. The molecule has 0 aliphatic heterocycles. The average Bonchev–Trinajstić information content (AvgIpc) is 1.33. The number of carbonyl (C=O) groups excluding carboxylic acids is 3. The highest BCUT2D eigenvalue weighted by molar-refractivity contribution is 7.94. The zero-order chi connectivity index (χ0) is 104. The first-order valence-electron chi connectivity index (χ1n) is 41.6. The maximum absolute atomic E-state index is 12.5. The molecule has 752 valence electrons. The van der Waals surface area contributed by atoms with E-state index in [2.05, 4.69) is 111 Å². The van der Waals surface area contributed by atoms with Crippen molar-refractivity contribution in [3.05, 3.63) is 226 Å². The van der Waals surface area contributed by atoms with Crippen LogP contribution in [0.3, 0.4) is 0 Å². The molecule has 0 amide bonds. The lowest BCUT2D eigenvalue weighted by Crippen LogP contribution is -2.17. The molecule has 25 nitrogen and oxygen atoms in total. The summed E-state index contributed by atoms with van der Waals surface area (Å²) in [5, 5.41) is 6.79. The average molecular weight is 2160 g/mol. The summed E-state index contributed by atoms with van der Waals surface area (Å²) < 4.78 is 171. The Kier molecular flexibility index (Phi) is 56.1. The van der Waals surface area contributed by atoms with Crippen LogP contribution in [0.1, 0.15) is 221 Å². The zero-order valence-corrected chi connectivity index (χ0v) is 93.5. The van der Waals surface area contributed by atoms with Crippen molar-refractivity contribution in [1.29, 1.82) is 0 Å². The van der Waals surface area contributed by atoms with Gasteiger partial charge in [0.25, 0.3) is 30.4 Å². The standard InChI is InChI=1S/3C16H9Cl2NO3S2.4C7H16O.3C6H14O3S/c3*17-11-3-6-14(18)13(9-11)15(20)10-1-4-12(5-2-10)24(21,22)16-19-7-8-23-16;4*1-5-8-6-7(2,3)4;3*1-6(2,3)5-9-10(4,7)8/h3*1-9H;4*5-6H2,1-4H3;3*5H2,1-4H3. The van der Waals surface area contributed by atoms with Gasteiger partial charge in [0, 0.05) is 110 Å². The highest BCUT2D eigenvalue weighted by Crippen LogP contribution is 2.32. The Morgan fingerprint density at radius 2 is 0.463 bits per heavy atom. The summed E-state index contributed by atoms with van der Waals surface area (Å²) in [6.07, 6.45) is 7.44. The summed E-state index contributed by atoms with van der Waals surface area (Å²) in [5.41, 5.74) is 2.78. The predicted octanol–water partition coefficient (Wildman–Crippen LogP) is 24.8. The molecular weight excluding hydrogens is 2020 g/mol. The van der Waals surface area contributed by atoms with E-state index < -0.39 is 59.9 Å². The van der Waals surface area contributed by atoms with E-state index in [1.807, 2.05) is 90.0 Å². The fraction of sp³-hybridized carbons (Fsp3) is 0.489. The number of carbonyl (C=O) groups is 3. The van der Waals surface area contributed by atoms with Gasteiger partial charge in [-0.2, -0.15) is 25.3 Å². The molecule has 134 heavy (non-hydrogen) atoms. The minimum atomic E-state index is -3.67. The van der Waals surface area contributed by atoms with Crippen LogP contribution in [-0.2, 0) is 91.4 Å². The van der Waals surface area contributed by atoms with Crippen molar-refractivity contribution < 1.29 is 96.4 Å². The van der Waals surface area contributed by atoms with Crippen LogP contribution in [0, 0.1) is 37.9 Å². The largest absolute Gasteiger partial charge is 0.381 e. The van der Waals surface area contributed by atoms with Gasteiger partial charge in [0.2, 0.25) is 42.5 Å². The number of ketones is 3. The summed E-state index contributed by atoms with van der Waals surface area (Å²) >= 11 is 38.9. The number of rotatable bonds is 26. The molecule has 0 saturated heterocycles. The van der Waals surface area contributed by atoms with E-state index in [-0.39, 0.29) is 113 Å². The van der Waals surface area contributed by atoms with Crippen molar-refractivity contribution >= 4 is 181 Å². The number of ether oxygens (including phenoxy) is 4. The molecular formula is C94H133Cl6N3O22S9. The van der Waals surface area contributed by atoms with E-state index in [9.17, 15) is 64.9 Å². The van der Waals surface area contributed by atoms with Crippen LogP contribution in [-0.4, -0.2) is 174 Å². The van der Waals surface area contributed by atoms with Gasteiger partial charge in [-0.15, -0.1) is 34.0 Å². The summed E-state index contributed by atoms with van der Waals surface area (Å²) in [6, 6.07) is 30.8. The van der Waals surface area contributed by atoms with Gasteiger partial charge in [-0.1, -0.05) is 215 Å². The molecule has 0 N–H and O–H groups in total. The lowest BCUT2D eigenvalue weighted by atomic mass is 9.99. The molecule has 9 aromatic rings. The summed E-state index contributed by atoms with van der Waals surface area (Å²) in [5.74, 6) is -0.998. The number of hydrogen-bond donors (Lipinski definition) is 0. The van der Waals surface area contributed by atoms with Crippen LogP contribution >= 0.6 is 104 Å². The number of hydrogen-bond acceptors (Lipinski definition) is 28. The molecule has 0 aliphatic carbocycles. The number of sulfone groups is 3. The fourth-order valence-electron chi connectivity index (χ4n) is 8.65. The molecule has 3 heterocycles. The van der Waals surface area contributed by atoms with E-state index in [1.165, 1.54) is 110 Å². The number of benzene rings is 6. The molecule has 9 rings (SSSR count). The monoisotopic (exact) mass is 2150 g/mol. The Balaban J connectivity index is 0.00000153. The smallest absolute Gasteiger partial charge is 0.264 e. The van der Waals surface area contributed by atoms with Crippen LogP contribution < -0.4 is 0 Å². The molecule has 0 saturated carbocycles. The highest BCUT2D eigenvalue weighted by atomic mass is 35.5. The van der Waals surface area contributed by atoms with Crippen LogP contribution in [0.5, 0.6) is 0 Å². The van der Waals surface area contributed by atoms with Crippen molar-refractivity contribution in [1.82, 2.24) is 15.0 Å². The first-order valence-corrected chi connectivity index (χ1v) is 56.4. The van der Waals surface area contributed by atoms with Gasteiger partial charge in [-0.3, -0.25) is 26.9 Å². The van der Waals surface area contributed by atoms with Gasteiger partial charge in [-0.05, 0) is 193 Å². The van der Waals surface area contributed by atoms with Crippen molar-refractivity contribution in [3.63, 3.8) is 0 Å². The first kappa shape index (κ1) is 128. The van der Waals surface area contributed by atoms with Crippen LogP contribution in [0.4, 0.5) is 0 Å². The predicted molar refractivity (Wildman–Crippen MR) is 546 cm³/mol. The molecule has 3 aromatic heterocycles. The SMILES string of the molecule is CC(C)(C)COS(C)(=O)=O.CC(C)(C)COS(C)(=O)=O.CC(C)(C)COS(C)(=O)=O.CCOCC(C)(C)C.CCOCC(C)(C)C.CCOCC(C)(C)C.CCOCC(C)(C)C.O=C(c1ccc(S(=O)(=O)c2nccs2)cc1)c1cc(Cl)ccc1Cl.O=C(c1ccc(S(=O)(=O)c2nccs2)cc1)c1cc(Cl)ccc1Cl.O=C(c1ccc(S(=O)(=O)c2nccs2)cc1)c1cc(Cl)ccc1Cl. The second-order valence-corrected chi connectivity index (χ2v) is 54.2. The highest BCUT2D eigenvalue weighted by Gasteiger charge is 2.27. The van der Waals surface area contributed by atoms with Crippen molar-refractivity contribution in [2.75, 3.05) is 91.4 Å². The van der Waals surface area contributed by atoms with Crippen LogP contribution in [0.15, 0.2) is 190 Å². The fourth-order valence-corrected chi connectivity index (χ4v) is 18.1. The minimum Gasteiger partial charge on any atom is -0.381 e. The van der Waals surface area contributed by atoms with E-state index in [0.29, 0.717) is 53.4 Å². The number of aromatic nitrogens is 3. The normalized spacial score (nSPS) is 12.0. The van der Waals surface area contributed by atoms with Gasteiger partial charge in [0.05, 0.1) is 94.8 Å². The summed E-state index contributed by atoms with van der Waals surface area (Å²) in [4.78, 5) is 49.2. The number of nitrogens with zero attached hydrogens (tertiary/aromatic N) is 3. The Morgan fingerprint density at radius 3 is 0.590 bits per heavy atom. The van der Waals surface area contributed by atoms with Gasteiger partial charge in [0.1, 0.15) is 0 Å². The Bertz CT molecular complexity index is 5170. The summed E-state index contributed by atoms with van der Waals surface area (Å²) in [7, 11) is -20.8. The molecule has 0 bridgehead atoms. The molecule has 6 aromatic carbocycles. The molecule has 0 radical (unpaired) electrons. The van der Waals surface area contributed by atoms with Crippen molar-refractivity contribution in [2.24, 2.45) is 37.9 Å². The number of halogens is 6. The van der Waals surface area contributed by atoms with E-state index in [0.717, 1.165) is 106 Å². The molecule has 0 spiro atoms. The van der Waals surface area contributed by atoms with Gasteiger partial charge >= 0.3 is 0 Å². The van der Waals surface area contributed by atoms with Crippen LogP contribution in [0.25, 0.3) is 0 Å². The van der Waals surface area contributed by atoms with Gasteiger partial charge in [0.15, 0.2) is 17.3 Å². The third-order valence-electron chi connectivity index (χ3n) is 14.8. The molecule has 0 atom stereocenters.